The number of aliphatic carboxylic acids is 2. The van der Waals surface area contributed by atoms with Crippen molar-refractivity contribution >= 4 is 111 Å². The Morgan fingerprint density at radius 1 is 0.553 bits per heavy atom. The second-order valence-corrected chi connectivity index (χ2v) is 39.2. The van der Waals surface area contributed by atoms with Crippen LogP contribution in [0.25, 0.3) is 10.9 Å². The van der Waals surface area contributed by atoms with Crippen LogP contribution in [0, 0.1) is 5.82 Å². The van der Waals surface area contributed by atoms with Crippen molar-refractivity contribution in [3.63, 3.8) is 0 Å². The van der Waals surface area contributed by atoms with Gasteiger partial charge in [-0.15, -0.1) is 0 Å². The minimum Gasteiger partial charge on any atom is -0.497 e. The van der Waals surface area contributed by atoms with E-state index >= 15 is 33.2 Å². The number of nitrogens with one attached hydrogen (secondary N) is 12. The van der Waals surface area contributed by atoms with E-state index < -0.39 is 193 Å². The van der Waals surface area contributed by atoms with Gasteiger partial charge in [0.05, 0.1) is 59.0 Å². The molecule has 0 radical (unpaired) electrons. The summed E-state index contributed by atoms with van der Waals surface area (Å²) in [6.45, 7) is 2.60. The molecule has 43 heteroatoms. The molecule has 6 aliphatic rings. The van der Waals surface area contributed by atoms with Crippen LogP contribution < -0.4 is 68.5 Å². The second-order valence-electron chi connectivity index (χ2n) is 39.2. The maximum atomic E-state index is 16.5. The number of methoxy groups -OCH3 is 1. The summed E-state index contributed by atoms with van der Waals surface area (Å²) >= 11 is 0. The highest BCUT2D eigenvalue weighted by Crippen LogP contribution is 2.33. The summed E-state index contributed by atoms with van der Waals surface area (Å²) in [5.74, 6) is -13.4. The number of benzene rings is 4. The van der Waals surface area contributed by atoms with E-state index in [0.29, 0.717) is 96.8 Å². The first kappa shape index (κ1) is 119. The van der Waals surface area contributed by atoms with Crippen molar-refractivity contribution in [3.8, 4) is 5.75 Å². The average molecular weight is 2100 g/mol. The lowest BCUT2D eigenvalue weighted by Crippen LogP contribution is -2.66. The van der Waals surface area contributed by atoms with E-state index in [2.05, 4.69) is 63.8 Å². The number of carbonyl (C=O) groups excluding carboxylic acids is 15. The molecule has 2 fully saturated rings. The number of aliphatic hydroxyl groups excluding tert-OH is 1. The lowest BCUT2D eigenvalue weighted by Gasteiger charge is -2.42. The first-order valence-electron chi connectivity index (χ1n) is 52.7. The number of carboxylic acids is 2. The molecule has 0 saturated carbocycles. The normalized spacial score (nSPS) is 21.6. The number of piperidine rings is 1. The number of aromatic nitrogens is 1. The molecule has 12 bridgehead atoms. The van der Waals surface area contributed by atoms with Gasteiger partial charge in [0.1, 0.15) is 85.3 Å². The standard InChI is InChI=1S/C107H151FN16O26/c1-70-98(135)119-85(64-113-92(130)68-149-57-55-147-53-47-110-91(129)67-148-56-54-146-52-46-109-88(126)40-38-81(105(142)143)115-89(127)27-17-13-11-9-7-5-6-8-10-12-14-18-28-95(133)134)100(137)116-82-60-75-24-21-25-76(58-75)63-112-93(131)69-150-87-26-22-50-123-97(87)102(139)120-96(71(2)125)101(138)118-83(59-73-33-36-79(145-4)37-34-73)104(141)124-51-23-44-107(124,3)106(144)111-45-43-72-29-31-74(32-30-72)65-122(94(132)42-41-90(128)114-70)49-20-16-15-19-48-121-66-77(61-84(103(123)140)117-99(82)136)80-62-78(108)35-39-86(80)121/h21,24-25,29-37,39,58,62,66,70-71,81-85,87,96-97,125H,5-20,22-23,26-28,38,40-57,59-61,63-65,67-69H2,1-4H3,(H,109,126)(H,110,129)(H,111,144)(H,112,131)(H,113,130)(H,114,128)(H,115,127)(H,116,137)(H,117,136)(H,118,138)(H,119,135)(H,120,139)(H,133,134)(H,142,143)/t70-,71+,81-,82-,83-,84-,85+,87-,96-,97-,107-/m0/s1. The largest absolute Gasteiger partial charge is 0.497 e. The van der Waals surface area contributed by atoms with Gasteiger partial charge in [0.2, 0.25) is 88.6 Å². The van der Waals surface area contributed by atoms with Crippen LogP contribution >= 0.6 is 0 Å². The molecule has 1 aromatic heterocycles. The van der Waals surface area contributed by atoms with Crippen molar-refractivity contribution in [2.24, 2.45) is 0 Å². The van der Waals surface area contributed by atoms with Crippen molar-refractivity contribution in [1.29, 1.82) is 0 Å². The first-order valence-corrected chi connectivity index (χ1v) is 52.7. The molecule has 15 N–H and O–H groups in total. The van der Waals surface area contributed by atoms with Gasteiger partial charge in [-0.2, -0.15) is 0 Å². The zero-order valence-corrected chi connectivity index (χ0v) is 86.6. The molecular formula is C107H151FN16O26. The summed E-state index contributed by atoms with van der Waals surface area (Å²) in [7, 11) is 1.48. The summed E-state index contributed by atoms with van der Waals surface area (Å²) in [5, 5.41) is 63.2. The molecular weight excluding hydrogens is 1940 g/mol. The van der Waals surface area contributed by atoms with Gasteiger partial charge in [0, 0.05) is 134 Å². The Kier molecular flexibility index (Phi) is 49.5. The van der Waals surface area contributed by atoms with Crippen LogP contribution in [0.5, 0.6) is 5.75 Å². The molecule has 5 aromatic rings. The van der Waals surface area contributed by atoms with Crippen molar-refractivity contribution in [1.82, 2.24) is 83.1 Å². The predicted molar refractivity (Wildman–Crippen MR) is 547 cm³/mol. The van der Waals surface area contributed by atoms with Crippen LogP contribution in [0.4, 0.5) is 4.39 Å². The Balaban J connectivity index is 0.816. The van der Waals surface area contributed by atoms with Crippen LogP contribution in [0.15, 0.2) is 97.2 Å². The molecule has 11 rings (SSSR count). The molecule has 15 amide bonds. The van der Waals surface area contributed by atoms with E-state index in [-0.39, 0.29) is 175 Å². The zero-order chi connectivity index (χ0) is 108. The minimum atomic E-state index is -1.90. The van der Waals surface area contributed by atoms with Crippen molar-refractivity contribution in [2.75, 3.05) is 112 Å². The number of hydrogen-bond acceptors (Lipinski definition) is 24. The van der Waals surface area contributed by atoms with Crippen LogP contribution in [0.2, 0.25) is 0 Å². The van der Waals surface area contributed by atoms with Gasteiger partial charge in [0.15, 0.2) is 0 Å². The number of aliphatic hydroxyl groups is 1. The molecule has 7 heterocycles. The van der Waals surface area contributed by atoms with Gasteiger partial charge in [-0.05, 0) is 149 Å². The molecule has 0 aliphatic carbocycles. The van der Waals surface area contributed by atoms with E-state index in [4.69, 9.17) is 33.5 Å². The maximum Gasteiger partial charge on any atom is 0.326 e. The highest BCUT2D eigenvalue weighted by molar-refractivity contribution is 6.00. The van der Waals surface area contributed by atoms with E-state index in [1.165, 1.54) is 38.0 Å². The van der Waals surface area contributed by atoms with Gasteiger partial charge in [-0.25, -0.2) is 9.18 Å². The van der Waals surface area contributed by atoms with Gasteiger partial charge in [0.25, 0.3) is 0 Å². The fraction of sp³-hybridized carbons (Fsp3) is 0.598. The van der Waals surface area contributed by atoms with Crippen LogP contribution in [-0.4, -0.2) is 314 Å². The van der Waals surface area contributed by atoms with Gasteiger partial charge < -0.3 is 127 Å². The van der Waals surface area contributed by atoms with Crippen molar-refractivity contribution in [2.45, 2.75) is 299 Å². The molecule has 0 unspecified atom stereocenters. The average Bonchev–Trinajstić information content (AvgIpc) is 1.64. The van der Waals surface area contributed by atoms with E-state index in [1.807, 2.05) is 28.8 Å². The summed E-state index contributed by atoms with van der Waals surface area (Å²) < 4.78 is 51.8. The molecule has 822 valence electrons. The Morgan fingerprint density at radius 2 is 1.19 bits per heavy atom. The molecule has 150 heavy (non-hydrogen) atoms. The van der Waals surface area contributed by atoms with Gasteiger partial charge in [-0.1, -0.05) is 138 Å². The Morgan fingerprint density at radius 3 is 1.86 bits per heavy atom. The number of ether oxygens (including phenoxy) is 6. The second kappa shape index (κ2) is 62.5. The molecule has 0 spiro atoms. The minimum absolute atomic E-state index is 0.00790. The fourth-order valence-electron chi connectivity index (χ4n) is 19.0. The molecule has 42 nitrogen and oxygen atoms in total. The molecule has 4 aromatic carbocycles. The predicted octanol–water partition coefficient (Wildman–Crippen LogP) is 3.88. The van der Waals surface area contributed by atoms with Crippen LogP contribution in [-0.2, 0) is 151 Å². The third-order valence-corrected chi connectivity index (χ3v) is 27.4. The fourth-order valence-corrected chi connectivity index (χ4v) is 19.0. The SMILES string of the molecule is COc1ccc(C[C@@H]2NC(=O)[C@H]([C@@H](C)O)NC(=O)[C@@H]3[C@@H]4CCCN3C(=O)[C@@H]3Cc5cn(c6ccc(F)cc56)CCCCCCN(Cc5ccc(cc5)CCNC(=O)[C@]5(C)CCCN5C2=O)C(=O)CCC(=O)N[C@@H](C)C(=O)N[C@H](CNC(=O)COCCOCCNC(=O)COCCOCCNC(=O)CC[C@H](NC(=O)CCCCCCCCCCCCCCC(=O)O)C(=O)O)C(=O)N[C@@H](Cc2cccc(c2)CNC(=O)CO4)C(=O)N3)cc1. The number of halogens is 1. The summed E-state index contributed by atoms with van der Waals surface area (Å²) in [6, 6.07) is 11.8. The van der Waals surface area contributed by atoms with E-state index in [9.17, 15) is 63.0 Å². The van der Waals surface area contributed by atoms with Gasteiger partial charge >= 0.3 is 11.9 Å². The molecule has 11 atom stereocenters. The molecule has 6 aliphatic heterocycles. The number of carboxylic acid groups (broad SMARTS) is 2. The number of rotatable bonds is 42. The third-order valence-electron chi connectivity index (χ3n) is 27.4. The number of unbranched alkanes of at least 4 members (excludes halogenated alkanes) is 11. The van der Waals surface area contributed by atoms with Crippen LogP contribution in [0.3, 0.4) is 0 Å². The van der Waals surface area contributed by atoms with E-state index in [1.54, 1.807) is 72.6 Å². The van der Waals surface area contributed by atoms with E-state index in [0.717, 1.165) is 80.2 Å². The zero-order valence-electron chi connectivity index (χ0n) is 86.6. The highest BCUT2D eigenvalue weighted by atomic mass is 19.1. The lowest BCUT2D eigenvalue weighted by atomic mass is 9.94. The number of aryl methyl sites for hydroxylation is 1. The summed E-state index contributed by atoms with van der Waals surface area (Å²) in [5.41, 5.74) is 2.42. The highest BCUT2D eigenvalue weighted by Gasteiger charge is 2.50. The Labute approximate surface area is 873 Å². The third kappa shape index (κ3) is 39.4. The smallest absolute Gasteiger partial charge is 0.326 e. The van der Waals surface area contributed by atoms with Crippen LogP contribution in [0.1, 0.15) is 221 Å². The lowest BCUT2D eigenvalue weighted by molar-refractivity contribution is -0.156. The number of nitrogens with zero attached hydrogens (tertiary/aromatic N) is 4. The summed E-state index contributed by atoms with van der Waals surface area (Å²) in [6.07, 6.45) is 12.3. The number of carbonyl (C=O) groups is 17. The quantitative estimate of drug-likeness (QED) is 0.0246. The summed E-state index contributed by atoms with van der Waals surface area (Å²) in [4.78, 5) is 245. The number of amides is 15. The number of hydrogen-bond donors (Lipinski definition) is 15. The van der Waals surface area contributed by atoms with Gasteiger partial charge in [-0.3, -0.25) is 76.7 Å². The topological polar surface area (TPSA) is 565 Å². The maximum absolute atomic E-state index is 16.5. The molecule has 2 saturated heterocycles. The Hall–Kier alpha value is -13.1. The van der Waals surface area contributed by atoms with Crippen molar-refractivity contribution in [3.05, 3.63) is 136 Å². The van der Waals surface area contributed by atoms with Crippen molar-refractivity contribution < 1.29 is 130 Å². The number of fused-ring (bicyclic) bond motifs is 16. The monoisotopic (exact) mass is 2100 g/mol. The first-order chi connectivity index (χ1) is 72.2. The Bertz CT molecular complexity index is 5340.